The summed E-state index contributed by atoms with van der Waals surface area (Å²) in [6.07, 6.45) is -1.65. The van der Waals surface area contributed by atoms with E-state index in [1.807, 2.05) is 0 Å². The summed E-state index contributed by atoms with van der Waals surface area (Å²) in [4.78, 5) is 10.3. The summed E-state index contributed by atoms with van der Waals surface area (Å²) >= 11 is 5.58. The molecule has 1 aromatic rings. The van der Waals surface area contributed by atoms with Gasteiger partial charge in [0.05, 0.1) is 0 Å². The van der Waals surface area contributed by atoms with E-state index < -0.39 is 12.1 Å². The van der Waals surface area contributed by atoms with E-state index in [1.54, 1.807) is 0 Å². The Morgan fingerprint density at radius 1 is 1.50 bits per heavy atom. The highest BCUT2D eigenvalue weighted by atomic mass is 35.5. The molecule has 1 atom stereocenters. The molecular weight excluding hydrogens is 208 g/mol. The maximum Gasteiger partial charge on any atom is 0.332 e. The van der Waals surface area contributed by atoms with E-state index in [9.17, 15) is 9.90 Å². The van der Waals surface area contributed by atoms with Gasteiger partial charge in [-0.15, -0.1) is 0 Å². The predicted molar refractivity (Wildman–Crippen MR) is 50.5 cm³/mol. The van der Waals surface area contributed by atoms with Gasteiger partial charge in [0.15, 0.2) is 6.10 Å². The number of aliphatic hydroxyl groups is 1. The zero-order valence-corrected chi connectivity index (χ0v) is 7.90. The van der Waals surface area contributed by atoms with Gasteiger partial charge >= 0.3 is 5.97 Å². The second-order valence-electron chi connectivity index (χ2n) is 2.83. The van der Waals surface area contributed by atoms with Gasteiger partial charge in [-0.3, -0.25) is 0 Å². The lowest BCUT2D eigenvalue weighted by Crippen LogP contribution is -2.21. The Hall–Kier alpha value is -1.26. The number of aliphatic carboxylic acids is 1. The fourth-order valence-electron chi connectivity index (χ4n) is 1.01. The first-order chi connectivity index (χ1) is 6.50. The maximum absolute atomic E-state index is 10.3. The first kappa shape index (κ1) is 10.8. The van der Waals surface area contributed by atoms with Gasteiger partial charge in [-0.05, 0) is 17.7 Å². The van der Waals surface area contributed by atoms with E-state index in [0.717, 1.165) is 0 Å². The first-order valence-electron chi connectivity index (χ1n) is 3.89. The second-order valence-corrected chi connectivity index (χ2v) is 3.27. The van der Waals surface area contributed by atoms with Crippen molar-refractivity contribution in [3.8, 4) is 5.75 Å². The molecular formula is C9H9ClO4. The Morgan fingerprint density at radius 3 is 2.64 bits per heavy atom. The van der Waals surface area contributed by atoms with Gasteiger partial charge in [0.2, 0.25) is 0 Å². The topological polar surface area (TPSA) is 77.8 Å². The van der Waals surface area contributed by atoms with Gasteiger partial charge in [0, 0.05) is 11.4 Å². The SMILES string of the molecule is O=C(O)C(O)Cc1ccc(Cl)cc1O. The maximum atomic E-state index is 10.3. The standard InChI is InChI=1S/C9H9ClO4/c10-6-2-1-5(7(11)4-6)3-8(12)9(13)14/h1-2,4,8,11-12H,3H2,(H,13,14). The Morgan fingerprint density at radius 2 is 2.14 bits per heavy atom. The molecule has 0 amide bonds. The molecule has 0 spiro atoms. The first-order valence-corrected chi connectivity index (χ1v) is 4.26. The molecule has 76 valence electrons. The van der Waals surface area contributed by atoms with E-state index in [-0.39, 0.29) is 12.2 Å². The number of benzene rings is 1. The number of hydrogen-bond donors (Lipinski definition) is 3. The minimum absolute atomic E-state index is 0.113. The molecule has 0 bridgehead atoms. The van der Waals surface area contributed by atoms with Gasteiger partial charge in [0.25, 0.3) is 0 Å². The van der Waals surface area contributed by atoms with Crippen LogP contribution in [0.15, 0.2) is 18.2 Å². The molecule has 1 rings (SSSR count). The number of phenols is 1. The Labute approximate surface area is 85.4 Å². The molecule has 0 fully saturated rings. The lowest BCUT2D eigenvalue weighted by atomic mass is 10.1. The van der Waals surface area contributed by atoms with Crippen molar-refractivity contribution in [3.05, 3.63) is 28.8 Å². The summed E-state index contributed by atoms with van der Waals surface area (Å²) in [6.45, 7) is 0. The smallest absolute Gasteiger partial charge is 0.332 e. The normalized spacial score (nSPS) is 12.4. The van der Waals surface area contributed by atoms with Crippen molar-refractivity contribution < 1.29 is 20.1 Å². The molecule has 14 heavy (non-hydrogen) atoms. The third-order valence-corrected chi connectivity index (χ3v) is 1.98. The Balaban J connectivity index is 2.82. The third-order valence-electron chi connectivity index (χ3n) is 1.75. The van der Waals surface area contributed by atoms with Gasteiger partial charge < -0.3 is 15.3 Å². The van der Waals surface area contributed by atoms with Crippen LogP contribution in [-0.2, 0) is 11.2 Å². The summed E-state index contributed by atoms with van der Waals surface area (Å²) in [5.41, 5.74) is 0.351. The fraction of sp³-hybridized carbons (Fsp3) is 0.222. The number of carbonyl (C=O) groups is 1. The number of phenolic OH excluding ortho intramolecular Hbond substituents is 1. The summed E-state index contributed by atoms with van der Waals surface area (Å²) in [7, 11) is 0. The van der Waals surface area contributed by atoms with Crippen LogP contribution in [0, 0.1) is 0 Å². The zero-order valence-electron chi connectivity index (χ0n) is 7.14. The lowest BCUT2D eigenvalue weighted by molar-refractivity contribution is -0.146. The average Bonchev–Trinajstić information content (AvgIpc) is 2.09. The molecule has 0 aliphatic rings. The number of carboxylic acid groups (broad SMARTS) is 1. The van der Waals surface area contributed by atoms with Crippen molar-refractivity contribution in [1.82, 2.24) is 0 Å². The summed E-state index contributed by atoms with van der Waals surface area (Å²) in [5, 5.41) is 27.2. The van der Waals surface area contributed by atoms with E-state index in [0.29, 0.717) is 10.6 Å². The molecule has 0 aliphatic heterocycles. The molecule has 3 N–H and O–H groups in total. The van der Waals surface area contributed by atoms with Crippen LogP contribution >= 0.6 is 11.6 Å². The van der Waals surface area contributed by atoms with Crippen LogP contribution < -0.4 is 0 Å². The van der Waals surface area contributed by atoms with Crippen molar-refractivity contribution >= 4 is 17.6 Å². The lowest BCUT2D eigenvalue weighted by Gasteiger charge is -2.07. The highest BCUT2D eigenvalue weighted by Crippen LogP contribution is 2.22. The summed E-state index contributed by atoms with van der Waals surface area (Å²) in [5.74, 6) is -1.43. The minimum atomic E-state index is -1.51. The van der Waals surface area contributed by atoms with E-state index in [4.69, 9.17) is 21.8 Å². The average molecular weight is 217 g/mol. The molecule has 0 heterocycles. The molecule has 1 aromatic carbocycles. The molecule has 0 aromatic heterocycles. The van der Waals surface area contributed by atoms with Gasteiger partial charge in [-0.1, -0.05) is 17.7 Å². The zero-order chi connectivity index (χ0) is 10.7. The molecule has 1 unspecified atom stereocenters. The molecule has 0 radical (unpaired) electrons. The van der Waals surface area contributed by atoms with E-state index in [2.05, 4.69) is 0 Å². The van der Waals surface area contributed by atoms with Gasteiger partial charge in [0.1, 0.15) is 5.75 Å². The van der Waals surface area contributed by atoms with Crippen molar-refractivity contribution in [2.24, 2.45) is 0 Å². The van der Waals surface area contributed by atoms with Crippen LogP contribution in [0.2, 0.25) is 5.02 Å². The van der Waals surface area contributed by atoms with Gasteiger partial charge in [-0.2, -0.15) is 0 Å². The second kappa shape index (κ2) is 4.30. The van der Waals surface area contributed by atoms with Crippen LogP contribution in [0.25, 0.3) is 0 Å². The summed E-state index contributed by atoms with van der Waals surface area (Å²) < 4.78 is 0. The number of halogens is 1. The van der Waals surface area contributed by atoms with Crippen LogP contribution in [0.3, 0.4) is 0 Å². The number of hydrogen-bond acceptors (Lipinski definition) is 3. The largest absolute Gasteiger partial charge is 0.508 e. The molecule has 0 saturated carbocycles. The fourth-order valence-corrected chi connectivity index (χ4v) is 1.17. The van der Waals surface area contributed by atoms with Crippen LogP contribution in [0.4, 0.5) is 0 Å². The molecule has 0 aliphatic carbocycles. The van der Waals surface area contributed by atoms with Crippen LogP contribution in [0.5, 0.6) is 5.75 Å². The van der Waals surface area contributed by atoms with Crippen LogP contribution in [-0.4, -0.2) is 27.4 Å². The number of aromatic hydroxyl groups is 1. The van der Waals surface area contributed by atoms with E-state index in [1.165, 1.54) is 18.2 Å². The van der Waals surface area contributed by atoms with Crippen molar-refractivity contribution in [3.63, 3.8) is 0 Å². The van der Waals surface area contributed by atoms with E-state index >= 15 is 0 Å². The Kier molecular flexibility index (Phi) is 3.33. The van der Waals surface area contributed by atoms with Crippen LogP contribution in [0.1, 0.15) is 5.56 Å². The highest BCUT2D eigenvalue weighted by Gasteiger charge is 2.15. The third kappa shape index (κ3) is 2.61. The summed E-state index contributed by atoms with van der Waals surface area (Å²) in [6, 6.07) is 4.29. The van der Waals surface area contributed by atoms with Gasteiger partial charge in [-0.25, -0.2) is 4.79 Å². The molecule has 0 saturated heterocycles. The quantitative estimate of drug-likeness (QED) is 0.705. The molecule has 5 heteroatoms. The van der Waals surface area contributed by atoms with Crippen molar-refractivity contribution in [2.45, 2.75) is 12.5 Å². The number of carboxylic acids is 1. The van der Waals surface area contributed by atoms with Crippen molar-refractivity contribution in [2.75, 3.05) is 0 Å². The number of aliphatic hydroxyl groups excluding tert-OH is 1. The Bertz CT molecular complexity index is 351. The minimum Gasteiger partial charge on any atom is -0.508 e. The number of rotatable bonds is 3. The predicted octanol–water partition coefficient (Wildman–Crippen LogP) is 1.03. The highest BCUT2D eigenvalue weighted by molar-refractivity contribution is 6.30. The van der Waals surface area contributed by atoms with Crippen molar-refractivity contribution in [1.29, 1.82) is 0 Å². The monoisotopic (exact) mass is 216 g/mol. The molecule has 4 nitrogen and oxygen atoms in total.